The van der Waals surface area contributed by atoms with Gasteiger partial charge >= 0.3 is 29.6 Å². The molecule has 1 rings (SSSR count). The van der Waals surface area contributed by atoms with E-state index in [0.29, 0.717) is 12.0 Å². The summed E-state index contributed by atoms with van der Waals surface area (Å²) in [4.78, 5) is 15.0. The molecule has 5 heteroatoms. The quantitative estimate of drug-likeness (QED) is 0.591. The minimum atomic E-state index is -1.44. The summed E-state index contributed by atoms with van der Waals surface area (Å²) < 4.78 is 0. The number of rotatable bonds is 6. The van der Waals surface area contributed by atoms with Crippen molar-refractivity contribution in [1.82, 2.24) is 4.98 Å². The van der Waals surface area contributed by atoms with E-state index < -0.39 is 17.5 Å². The molecule has 18 heavy (non-hydrogen) atoms. The molecule has 1 N–H and O–H groups in total. The molecular formula is C13H18NNaO3. The second kappa shape index (κ2) is 7.89. The number of pyridine rings is 1. The normalized spacial score (nSPS) is 15.3. The van der Waals surface area contributed by atoms with E-state index in [4.69, 9.17) is 0 Å². The van der Waals surface area contributed by atoms with Crippen LogP contribution in [0.4, 0.5) is 0 Å². The smallest absolute Gasteiger partial charge is 0.550 e. The van der Waals surface area contributed by atoms with Crippen LogP contribution in [0.3, 0.4) is 0 Å². The average molecular weight is 259 g/mol. The monoisotopic (exact) mass is 259 g/mol. The second-order valence-corrected chi connectivity index (χ2v) is 4.40. The number of carboxylic acid groups (broad SMARTS) is 1. The predicted molar refractivity (Wildman–Crippen MR) is 61.8 cm³/mol. The first kappa shape index (κ1) is 17.6. The van der Waals surface area contributed by atoms with Crippen molar-refractivity contribution in [2.75, 3.05) is 0 Å². The number of hydrogen-bond donors (Lipinski definition) is 1. The number of aliphatic carboxylic acids is 1. The third kappa shape index (κ3) is 4.35. The van der Waals surface area contributed by atoms with Crippen LogP contribution in [0.5, 0.6) is 0 Å². The van der Waals surface area contributed by atoms with E-state index in [2.05, 4.69) is 4.98 Å². The summed E-state index contributed by atoms with van der Waals surface area (Å²) in [5, 5.41) is 21.5. The molecule has 0 spiro atoms. The molecule has 2 atom stereocenters. The summed E-state index contributed by atoms with van der Waals surface area (Å²) in [6, 6.07) is 3.35. The number of carbonyl (C=O) groups excluding carboxylic acids is 1. The number of hydrogen-bond acceptors (Lipinski definition) is 4. The fourth-order valence-electron chi connectivity index (χ4n) is 1.90. The summed E-state index contributed by atoms with van der Waals surface area (Å²) >= 11 is 0. The van der Waals surface area contributed by atoms with Gasteiger partial charge in [-0.1, -0.05) is 25.8 Å². The number of unbranched alkanes of at least 4 members (excludes halogenated alkanes) is 1. The van der Waals surface area contributed by atoms with Crippen LogP contribution in [-0.4, -0.2) is 16.1 Å². The fourth-order valence-corrected chi connectivity index (χ4v) is 1.90. The summed E-state index contributed by atoms with van der Waals surface area (Å²) in [5.41, 5.74) is -0.937. The van der Waals surface area contributed by atoms with E-state index in [9.17, 15) is 15.0 Å². The average Bonchev–Trinajstić information content (AvgIpc) is 2.30. The Morgan fingerprint density at radius 2 is 2.28 bits per heavy atom. The molecule has 0 saturated heterocycles. The second-order valence-electron chi connectivity index (χ2n) is 4.40. The first-order valence-electron chi connectivity index (χ1n) is 5.83. The Labute approximate surface area is 130 Å². The maximum atomic E-state index is 11.1. The number of nitrogens with zero attached hydrogens (tertiary/aromatic N) is 1. The minimum absolute atomic E-state index is 0. The summed E-state index contributed by atoms with van der Waals surface area (Å²) in [6.45, 7) is 3.48. The number of carboxylic acids is 1. The zero-order valence-corrected chi connectivity index (χ0v) is 13.2. The molecule has 1 aromatic heterocycles. The van der Waals surface area contributed by atoms with Crippen molar-refractivity contribution < 1.29 is 44.6 Å². The standard InChI is InChI=1S/C13H19NO3.Na/c1-3-4-7-11(12(15)16)13(2,17)10-6-5-8-14-9-10;/h5-6,8-9,11,17H,3-4,7H2,1-2H3,(H,15,16);/q;+1/p-1. The first-order chi connectivity index (χ1) is 8.00. The zero-order chi connectivity index (χ0) is 12.9. The van der Waals surface area contributed by atoms with Gasteiger partial charge in [0.15, 0.2) is 0 Å². The Hall–Kier alpha value is -0.420. The van der Waals surface area contributed by atoms with Gasteiger partial charge in [0.2, 0.25) is 0 Å². The van der Waals surface area contributed by atoms with Crippen molar-refractivity contribution >= 4 is 5.97 Å². The molecule has 0 radical (unpaired) electrons. The summed E-state index contributed by atoms with van der Waals surface area (Å²) in [5.74, 6) is -2.13. The van der Waals surface area contributed by atoms with Gasteiger partial charge in [0.25, 0.3) is 0 Å². The summed E-state index contributed by atoms with van der Waals surface area (Å²) in [6.07, 6.45) is 5.10. The molecule has 94 valence electrons. The Balaban J connectivity index is 0.00000289. The molecule has 0 amide bonds. The van der Waals surface area contributed by atoms with Gasteiger partial charge in [0, 0.05) is 29.8 Å². The largest absolute Gasteiger partial charge is 1.00 e. The van der Waals surface area contributed by atoms with E-state index in [-0.39, 0.29) is 29.6 Å². The van der Waals surface area contributed by atoms with E-state index in [1.807, 2.05) is 6.92 Å². The van der Waals surface area contributed by atoms with Crippen LogP contribution in [-0.2, 0) is 10.4 Å². The topological polar surface area (TPSA) is 73.2 Å². The molecule has 4 nitrogen and oxygen atoms in total. The van der Waals surface area contributed by atoms with Gasteiger partial charge in [0.1, 0.15) is 0 Å². The molecule has 0 aliphatic carbocycles. The van der Waals surface area contributed by atoms with Gasteiger partial charge in [-0.25, -0.2) is 0 Å². The fraction of sp³-hybridized carbons (Fsp3) is 0.538. The molecule has 0 fully saturated rings. The van der Waals surface area contributed by atoms with Gasteiger partial charge in [-0.05, 0) is 19.4 Å². The minimum Gasteiger partial charge on any atom is -0.550 e. The van der Waals surface area contributed by atoms with E-state index in [0.717, 1.165) is 12.8 Å². The number of aliphatic hydroxyl groups is 1. The van der Waals surface area contributed by atoms with E-state index in [1.165, 1.54) is 13.1 Å². The molecule has 1 aromatic rings. The Kier molecular flexibility index (Phi) is 7.71. The Morgan fingerprint density at radius 3 is 2.72 bits per heavy atom. The van der Waals surface area contributed by atoms with Crippen LogP contribution in [0.2, 0.25) is 0 Å². The number of carbonyl (C=O) groups is 1. The molecule has 0 aliphatic heterocycles. The van der Waals surface area contributed by atoms with Crippen molar-refractivity contribution in [3.8, 4) is 0 Å². The van der Waals surface area contributed by atoms with Crippen LogP contribution < -0.4 is 34.7 Å². The Bertz CT molecular complexity index is 368. The van der Waals surface area contributed by atoms with Crippen molar-refractivity contribution in [2.45, 2.75) is 38.7 Å². The molecule has 0 aliphatic rings. The van der Waals surface area contributed by atoms with Crippen LogP contribution in [0, 0.1) is 5.92 Å². The van der Waals surface area contributed by atoms with Crippen LogP contribution >= 0.6 is 0 Å². The molecule has 1 heterocycles. The molecule has 2 unspecified atom stereocenters. The number of aromatic nitrogens is 1. The van der Waals surface area contributed by atoms with Crippen molar-refractivity contribution in [3.05, 3.63) is 30.1 Å². The van der Waals surface area contributed by atoms with Crippen LogP contribution in [0.15, 0.2) is 24.5 Å². The third-order valence-corrected chi connectivity index (χ3v) is 3.06. The maximum Gasteiger partial charge on any atom is 1.00 e. The van der Waals surface area contributed by atoms with Gasteiger partial charge in [0.05, 0.1) is 5.60 Å². The van der Waals surface area contributed by atoms with Crippen molar-refractivity contribution in [1.29, 1.82) is 0 Å². The van der Waals surface area contributed by atoms with Gasteiger partial charge in [-0.3, -0.25) is 4.98 Å². The van der Waals surface area contributed by atoms with Crippen LogP contribution in [0.25, 0.3) is 0 Å². The predicted octanol–water partition coefficient (Wildman–Crippen LogP) is -2.15. The van der Waals surface area contributed by atoms with Gasteiger partial charge < -0.3 is 15.0 Å². The van der Waals surface area contributed by atoms with Gasteiger partial charge in [-0.15, -0.1) is 0 Å². The molecule has 0 aromatic carbocycles. The van der Waals surface area contributed by atoms with Crippen molar-refractivity contribution in [2.24, 2.45) is 5.92 Å². The molecule has 0 saturated carbocycles. The van der Waals surface area contributed by atoms with Gasteiger partial charge in [-0.2, -0.15) is 0 Å². The van der Waals surface area contributed by atoms with Crippen LogP contribution in [0.1, 0.15) is 38.7 Å². The molecular weight excluding hydrogens is 241 g/mol. The third-order valence-electron chi connectivity index (χ3n) is 3.06. The van der Waals surface area contributed by atoms with E-state index in [1.54, 1.807) is 18.3 Å². The first-order valence-corrected chi connectivity index (χ1v) is 5.83. The summed E-state index contributed by atoms with van der Waals surface area (Å²) in [7, 11) is 0. The SMILES string of the molecule is CCCCC(C(=O)[O-])C(C)(O)c1cccnc1.[Na+]. The maximum absolute atomic E-state index is 11.1. The van der Waals surface area contributed by atoms with E-state index >= 15 is 0 Å². The molecule has 0 bridgehead atoms. The Morgan fingerprint density at radius 1 is 1.61 bits per heavy atom. The van der Waals surface area contributed by atoms with Crippen molar-refractivity contribution in [3.63, 3.8) is 0 Å². The zero-order valence-electron chi connectivity index (χ0n) is 11.2.